The Hall–Kier alpha value is -3.27. The van der Waals surface area contributed by atoms with Gasteiger partial charge in [0.1, 0.15) is 15.7 Å². The first-order valence-corrected chi connectivity index (χ1v) is 12.4. The summed E-state index contributed by atoms with van der Waals surface area (Å²) >= 11 is 7.19. The van der Waals surface area contributed by atoms with Gasteiger partial charge in [-0.05, 0) is 48.0 Å². The molecule has 0 saturated carbocycles. The maximum absolute atomic E-state index is 14.0. The van der Waals surface area contributed by atoms with Crippen molar-refractivity contribution in [1.29, 1.82) is 0 Å². The number of aromatic nitrogens is 1. The Balaban J connectivity index is 1.39. The number of nitrogens with zero attached hydrogens (tertiary/aromatic N) is 1. The average Bonchev–Trinajstić information content (AvgIpc) is 3.30. The second kappa shape index (κ2) is 9.70. The van der Waals surface area contributed by atoms with Crippen molar-refractivity contribution in [2.24, 2.45) is 0 Å². The number of amides is 1. The number of carbonyl (C=O) groups excluding carboxylic acids is 1. The third-order valence-electron chi connectivity index (χ3n) is 4.58. The Labute approximate surface area is 199 Å². The van der Waals surface area contributed by atoms with Gasteiger partial charge in [0, 0.05) is 33.5 Å². The molecule has 0 atom stereocenters. The number of anilines is 2. The van der Waals surface area contributed by atoms with E-state index in [1.54, 1.807) is 24.4 Å². The van der Waals surface area contributed by atoms with Crippen molar-refractivity contribution in [3.05, 3.63) is 94.7 Å². The molecule has 4 rings (SSSR count). The predicted octanol–water partition coefficient (Wildman–Crippen LogP) is 5.58. The van der Waals surface area contributed by atoms with Crippen molar-refractivity contribution >= 4 is 50.2 Å². The summed E-state index contributed by atoms with van der Waals surface area (Å²) in [7, 11) is -4.13. The van der Waals surface area contributed by atoms with E-state index >= 15 is 0 Å². The number of benzene rings is 3. The van der Waals surface area contributed by atoms with Gasteiger partial charge in [0.25, 0.3) is 10.0 Å². The molecule has 1 aromatic heterocycles. The zero-order chi connectivity index (χ0) is 23.4. The Bertz CT molecular complexity index is 1390. The van der Waals surface area contributed by atoms with E-state index in [9.17, 15) is 17.6 Å². The number of hydrogen-bond donors (Lipinski definition) is 2. The molecular formula is C23H17ClFN3O3S2. The molecule has 0 saturated heterocycles. The summed E-state index contributed by atoms with van der Waals surface area (Å²) in [4.78, 5) is 16.2. The zero-order valence-electron chi connectivity index (χ0n) is 17.0. The van der Waals surface area contributed by atoms with E-state index < -0.39 is 20.7 Å². The van der Waals surface area contributed by atoms with E-state index in [0.29, 0.717) is 11.3 Å². The van der Waals surface area contributed by atoms with Crippen LogP contribution in [-0.2, 0) is 21.2 Å². The number of sulfonamides is 1. The summed E-state index contributed by atoms with van der Waals surface area (Å²) < 4.78 is 41.2. The van der Waals surface area contributed by atoms with Crippen LogP contribution < -0.4 is 10.0 Å². The highest BCUT2D eigenvalue weighted by atomic mass is 35.5. The molecule has 0 aliphatic carbocycles. The highest BCUT2D eigenvalue weighted by Gasteiger charge is 2.19. The molecule has 33 heavy (non-hydrogen) atoms. The quantitative estimate of drug-likeness (QED) is 0.346. The lowest BCUT2D eigenvalue weighted by atomic mass is 10.1. The lowest BCUT2D eigenvalue weighted by Gasteiger charge is -2.10. The normalized spacial score (nSPS) is 11.2. The van der Waals surface area contributed by atoms with Crippen LogP contribution in [0, 0.1) is 5.82 Å². The SMILES string of the molecule is O=C(Cc1ccc(NS(=O)(=O)c2ccc(Cl)cc2F)cc1)Nc1cccc(-c2nccs2)c1. The van der Waals surface area contributed by atoms with Gasteiger partial charge in [0.2, 0.25) is 5.91 Å². The predicted molar refractivity (Wildman–Crippen MR) is 129 cm³/mol. The molecule has 0 aliphatic heterocycles. The van der Waals surface area contributed by atoms with Crippen LogP contribution >= 0.6 is 22.9 Å². The lowest BCUT2D eigenvalue weighted by molar-refractivity contribution is -0.115. The van der Waals surface area contributed by atoms with Gasteiger partial charge >= 0.3 is 0 Å². The summed E-state index contributed by atoms with van der Waals surface area (Å²) in [6.45, 7) is 0. The monoisotopic (exact) mass is 501 g/mol. The van der Waals surface area contributed by atoms with E-state index in [0.717, 1.165) is 22.7 Å². The van der Waals surface area contributed by atoms with Crippen molar-refractivity contribution in [2.45, 2.75) is 11.3 Å². The van der Waals surface area contributed by atoms with Crippen LogP contribution in [0.2, 0.25) is 5.02 Å². The molecule has 10 heteroatoms. The smallest absolute Gasteiger partial charge is 0.264 e. The van der Waals surface area contributed by atoms with Crippen molar-refractivity contribution in [3.63, 3.8) is 0 Å². The molecule has 0 aliphatic rings. The summed E-state index contributed by atoms with van der Waals surface area (Å²) in [6.07, 6.45) is 1.82. The van der Waals surface area contributed by atoms with Gasteiger partial charge in [-0.3, -0.25) is 9.52 Å². The number of rotatable bonds is 7. The largest absolute Gasteiger partial charge is 0.326 e. The molecule has 6 nitrogen and oxygen atoms in total. The standard InChI is InChI=1S/C23H17ClFN3O3S2/c24-17-6-9-21(20(25)14-17)33(30,31)28-18-7-4-15(5-8-18)12-22(29)27-19-3-1-2-16(13-19)23-26-10-11-32-23/h1-11,13-14,28H,12H2,(H,27,29). The zero-order valence-corrected chi connectivity index (χ0v) is 19.3. The molecule has 0 radical (unpaired) electrons. The number of carbonyl (C=O) groups is 1. The molecule has 1 heterocycles. The van der Waals surface area contributed by atoms with Gasteiger partial charge in [-0.2, -0.15) is 0 Å². The van der Waals surface area contributed by atoms with E-state index in [-0.39, 0.29) is 23.0 Å². The number of hydrogen-bond acceptors (Lipinski definition) is 5. The summed E-state index contributed by atoms with van der Waals surface area (Å²) in [5.41, 5.74) is 2.49. The van der Waals surface area contributed by atoms with Gasteiger partial charge in [0.05, 0.1) is 6.42 Å². The minimum absolute atomic E-state index is 0.0975. The van der Waals surface area contributed by atoms with E-state index in [4.69, 9.17) is 11.6 Å². The van der Waals surface area contributed by atoms with Gasteiger partial charge in [-0.1, -0.05) is 35.9 Å². The minimum atomic E-state index is -4.13. The lowest BCUT2D eigenvalue weighted by Crippen LogP contribution is -2.15. The number of halogens is 2. The number of nitrogens with one attached hydrogen (secondary N) is 2. The molecular weight excluding hydrogens is 485 g/mol. The van der Waals surface area contributed by atoms with Gasteiger partial charge in [-0.15, -0.1) is 11.3 Å². The van der Waals surface area contributed by atoms with Crippen LogP contribution in [0.4, 0.5) is 15.8 Å². The first kappa shape index (κ1) is 22.9. The Morgan fingerprint density at radius 3 is 2.52 bits per heavy atom. The molecule has 2 N–H and O–H groups in total. The van der Waals surface area contributed by atoms with Crippen molar-refractivity contribution < 1.29 is 17.6 Å². The van der Waals surface area contributed by atoms with E-state index in [2.05, 4.69) is 15.0 Å². The summed E-state index contributed by atoms with van der Waals surface area (Å²) in [5.74, 6) is -1.16. The summed E-state index contributed by atoms with van der Waals surface area (Å²) in [6, 6.07) is 17.0. The molecule has 0 bridgehead atoms. The van der Waals surface area contributed by atoms with Crippen LogP contribution in [0.5, 0.6) is 0 Å². The fourth-order valence-electron chi connectivity index (χ4n) is 3.08. The Morgan fingerprint density at radius 1 is 1.03 bits per heavy atom. The maximum atomic E-state index is 14.0. The van der Waals surface area contributed by atoms with Gasteiger partial charge in [-0.25, -0.2) is 17.8 Å². The second-order valence-electron chi connectivity index (χ2n) is 7.02. The van der Waals surface area contributed by atoms with Crippen LogP contribution in [-0.4, -0.2) is 19.3 Å². The maximum Gasteiger partial charge on any atom is 0.264 e. The van der Waals surface area contributed by atoms with Gasteiger partial charge in [0.15, 0.2) is 0 Å². The number of thiazole rings is 1. The highest BCUT2D eigenvalue weighted by Crippen LogP contribution is 2.25. The third-order valence-corrected chi connectivity index (χ3v) is 7.05. The fourth-order valence-corrected chi connectivity index (χ4v) is 4.99. The topological polar surface area (TPSA) is 88.2 Å². The molecule has 0 unspecified atom stereocenters. The van der Waals surface area contributed by atoms with Crippen molar-refractivity contribution in [2.75, 3.05) is 10.0 Å². The average molecular weight is 502 g/mol. The molecule has 168 valence electrons. The van der Waals surface area contributed by atoms with E-state index in [1.807, 2.05) is 23.6 Å². The summed E-state index contributed by atoms with van der Waals surface area (Å²) in [5, 5.41) is 5.70. The van der Waals surface area contributed by atoms with Gasteiger partial charge < -0.3 is 5.32 Å². The third kappa shape index (κ3) is 5.75. The second-order valence-corrected chi connectivity index (χ2v) is 10.0. The van der Waals surface area contributed by atoms with E-state index in [1.165, 1.54) is 29.5 Å². The molecule has 4 aromatic rings. The highest BCUT2D eigenvalue weighted by molar-refractivity contribution is 7.92. The fraction of sp³-hybridized carbons (Fsp3) is 0.0435. The first-order valence-electron chi connectivity index (χ1n) is 9.67. The molecule has 0 spiro atoms. The molecule has 3 aromatic carbocycles. The van der Waals surface area contributed by atoms with Crippen LogP contribution in [0.1, 0.15) is 5.56 Å². The first-order chi connectivity index (χ1) is 15.8. The minimum Gasteiger partial charge on any atom is -0.326 e. The Morgan fingerprint density at radius 2 is 1.82 bits per heavy atom. The molecule has 0 fully saturated rings. The van der Waals surface area contributed by atoms with Crippen LogP contribution in [0.25, 0.3) is 10.6 Å². The molecule has 1 amide bonds. The van der Waals surface area contributed by atoms with Crippen LogP contribution in [0.3, 0.4) is 0 Å². The van der Waals surface area contributed by atoms with Crippen LogP contribution in [0.15, 0.2) is 83.2 Å². The Kier molecular flexibility index (Phi) is 6.73. The van der Waals surface area contributed by atoms with Crippen molar-refractivity contribution in [3.8, 4) is 10.6 Å². The van der Waals surface area contributed by atoms with Crippen molar-refractivity contribution in [1.82, 2.24) is 4.98 Å².